The summed E-state index contributed by atoms with van der Waals surface area (Å²) < 4.78 is 37.5. The van der Waals surface area contributed by atoms with Gasteiger partial charge in [0.25, 0.3) is 0 Å². The molecule has 9 heteroatoms. The zero-order valence-electron chi connectivity index (χ0n) is 13.3. The summed E-state index contributed by atoms with van der Waals surface area (Å²) >= 11 is 0. The average Bonchev–Trinajstić information content (AvgIpc) is 3.16. The normalized spacial score (nSPS) is 13.1. The van der Waals surface area contributed by atoms with Gasteiger partial charge in [-0.15, -0.1) is 0 Å². The topological polar surface area (TPSA) is 111 Å². The third kappa shape index (κ3) is 3.36. The van der Waals surface area contributed by atoms with E-state index in [1.165, 1.54) is 18.4 Å². The third-order valence-electron chi connectivity index (χ3n) is 3.33. The number of hydrogen-bond donors (Lipinski definition) is 1. The van der Waals surface area contributed by atoms with E-state index in [0.29, 0.717) is 17.4 Å². The van der Waals surface area contributed by atoms with Gasteiger partial charge in [-0.3, -0.25) is 0 Å². The summed E-state index contributed by atoms with van der Waals surface area (Å²) in [5.41, 5.74) is 1.42. The van der Waals surface area contributed by atoms with E-state index in [4.69, 9.17) is 8.94 Å². The molecule has 8 nitrogen and oxygen atoms in total. The van der Waals surface area contributed by atoms with E-state index >= 15 is 0 Å². The molecule has 3 aromatic rings. The summed E-state index contributed by atoms with van der Waals surface area (Å²) in [6, 6.07) is 5.73. The molecule has 0 aliphatic rings. The van der Waals surface area contributed by atoms with Crippen molar-refractivity contribution in [2.45, 2.75) is 31.7 Å². The van der Waals surface area contributed by atoms with Crippen molar-refractivity contribution in [3.63, 3.8) is 0 Å². The molecule has 0 amide bonds. The second-order valence-corrected chi connectivity index (χ2v) is 7.01. The first-order valence-corrected chi connectivity index (χ1v) is 8.68. The molecule has 24 heavy (non-hydrogen) atoms. The van der Waals surface area contributed by atoms with Crippen LogP contribution in [0.1, 0.15) is 30.6 Å². The van der Waals surface area contributed by atoms with Crippen molar-refractivity contribution in [1.29, 1.82) is 0 Å². The summed E-state index contributed by atoms with van der Waals surface area (Å²) in [4.78, 5) is 8.36. The van der Waals surface area contributed by atoms with Crippen LogP contribution >= 0.6 is 0 Å². The Labute approximate surface area is 139 Å². The van der Waals surface area contributed by atoms with E-state index in [9.17, 15) is 8.42 Å². The molecule has 1 N–H and O–H groups in total. The lowest BCUT2D eigenvalue weighted by atomic mass is 10.2. The summed E-state index contributed by atoms with van der Waals surface area (Å²) in [5.74, 6) is 1.21. The molecule has 0 spiro atoms. The molecule has 0 fully saturated rings. The van der Waals surface area contributed by atoms with E-state index < -0.39 is 16.1 Å². The molecule has 1 atom stereocenters. The maximum Gasteiger partial charge on any atom is 0.244 e. The van der Waals surface area contributed by atoms with Crippen molar-refractivity contribution in [2.75, 3.05) is 0 Å². The largest absolute Gasteiger partial charge is 0.449 e. The number of hydrogen-bond acceptors (Lipinski definition) is 7. The molecule has 0 saturated carbocycles. The monoisotopic (exact) mass is 348 g/mol. The smallest absolute Gasteiger partial charge is 0.244 e. The molecular weight excluding hydrogens is 332 g/mol. The van der Waals surface area contributed by atoms with Gasteiger partial charge < -0.3 is 8.94 Å². The Hall–Kier alpha value is -2.52. The molecule has 0 radical (unpaired) electrons. The van der Waals surface area contributed by atoms with Crippen LogP contribution in [0.3, 0.4) is 0 Å². The zero-order valence-corrected chi connectivity index (χ0v) is 14.2. The van der Waals surface area contributed by atoms with Crippen LogP contribution in [0.15, 0.2) is 44.4 Å². The van der Waals surface area contributed by atoms with Crippen molar-refractivity contribution in [1.82, 2.24) is 19.8 Å². The lowest BCUT2D eigenvalue weighted by Crippen LogP contribution is -2.27. The van der Waals surface area contributed by atoms with Crippen LogP contribution in [0.5, 0.6) is 0 Å². The van der Waals surface area contributed by atoms with E-state index in [-0.39, 0.29) is 10.8 Å². The van der Waals surface area contributed by atoms with Crippen LogP contribution in [0.25, 0.3) is 11.3 Å². The van der Waals surface area contributed by atoms with Gasteiger partial charge >= 0.3 is 0 Å². The number of aromatic nitrogens is 3. The van der Waals surface area contributed by atoms with Gasteiger partial charge in [-0.1, -0.05) is 17.3 Å². The summed E-state index contributed by atoms with van der Waals surface area (Å²) in [5, 5.41) is 3.65. The molecule has 2 aromatic heterocycles. The minimum atomic E-state index is -3.71. The van der Waals surface area contributed by atoms with Gasteiger partial charge in [0, 0.05) is 12.5 Å². The number of nitrogens with zero attached hydrogens (tertiary/aromatic N) is 3. The van der Waals surface area contributed by atoms with E-state index in [1.807, 2.05) is 0 Å². The number of aryl methyl sites for hydroxylation is 2. The van der Waals surface area contributed by atoms with Gasteiger partial charge in [0.05, 0.1) is 10.9 Å². The summed E-state index contributed by atoms with van der Waals surface area (Å²) in [6.45, 7) is 5.04. The molecule has 0 unspecified atom stereocenters. The predicted molar refractivity (Wildman–Crippen MR) is 84.4 cm³/mol. The molecular formula is C15H16N4O4S. The highest BCUT2D eigenvalue weighted by Gasteiger charge is 2.22. The molecule has 3 rings (SSSR count). The van der Waals surface area contributed by atoms with E-state index in [2.05, 4.69) is 19.8 Å². The fourth-order valence-electron chi connectivity index (χ4n) is 2.14. The number of nitrogens with one attached hydrogen (secondary N) is 1. The van der Waals surface area contributed by atoms with Crippen molar-refractivity contribution < 1.29 is 17.4 Å². The number of benzene rings is 1. The first-order valence-electron chi connectivity index (χ1n) is 7.20. The minimum Gasteiger partial charge on any atom is -0.449 e. The summed E-state index contributed by atoms with van der Waals surface area (Å²) in [6.07, 6.45) is 1.52. The molecule has 0 aliphatic heterocycles. The van der Waals surface area contributed by atoms with Crippen molar-refractivity contribution in [2.24, 2.45) is 0 Å². The third-order valence-corrected chi connectivity index (χ3v) is 4.88. The first-order chi connectivity index (χ1) is 11.3. The van der Waals surface area contributed by atoms with Crippen LogP contribution in [-0.4, -0.2) is 23.5 Å². The average molecular weight is 348 g/mol. The number of sulfonamides is 1. The molecule has 2 heterocycles. The molecule has 1 aromatic carbocycles. The lowest BCUT2D eigenvalue weighted by Gasteiger charge is -2.10. The zero-order chi connectivity index (χ0) is 17.3. The maximum absolute atomic E-state index is 12.4. The Balaban J connectivity index is 1.79. The lowest BCUT2D eigenvalue weighted by molar-refractivity contribution is 0.351. The molecule has 0 bridgehead atoms. The SMILES string of the molecule is Cc1noc([C@H](C)NS(=O)(=O)c2ccc(-c3coc(C)n3)cc2)n1. The van der Waals surface area contributed by atoms with Gasteiger partial charge in [0.15, 0.2) is 11.7 Å². The summed E-state index contributed by atoms with van der Waals surface area (Å²) in [7, 11) is -3.71. The minimum absolute atomic E-state index is 0.134. The maximum atomic E-state index is 12.4. The molecule has 0 aliphatic carbocycles. The Morgan fingerprint density at radius 2 is 1.83 bits per heavy atom. The van der Waals surface area contributed by atoms with E-state index in [0.717, 1.165) is 5.56 Å². The Kier molecular flexibility index (Phi) is 4.20. The van der Waals surface area contributed by atoms with E-state index in [1.54, 1.807) is 32.9 Å². The highest BCUT2D eigenvalue weighted by atomic mass is 32.2. The van der Waals surface area contributed by atoms with Crippen molar-refractivity contribution >= 4 is 10.0 Å². The van der Waals surface area contributed by atoms with Crippen LogP contribution in [0.2, 0.25) is 0 Å². The highest BCUT2D eigenvalue weighted by molar-refractivity contribution is 7.89. The number of oxazole rings is 1. The van der Waals surface area contributed by atoms with Gasteiger partial charge in [-0.05, 0) is 26.0 Å². The Morgan fingerprint density at radius 3 is 2.38 bits per heavy atom. The van der Waals surface area contributed by atoms with Gasteiger partial charge in [0.2, 0.25) is 15.9 Å². The standard InChI is InChI=1S/C15H16N4O4S/c1-9(15-16-10(2)18-23-15)19-24(20,21)13-6-4-12(5-7-13)14-8-22-11(3)17-14/h4-9,19H,1-3H3/t9-/m0/s1. The van der Waals surface area contributed by atoms with Gasteiger partial charge in [-0.2, -0.15) is 9.71 Å². The van der Waals surface area contributed by atoms with Crippen LogP contribution in [0, 0.1) is 13.8 Å². The van der Waals surface area contributed by atoms with Crippen LogP contribution in [0.4, 0.5) is 0 Å². The molecule has 0 saturated heterocycles. The highest BCUT2D eigenvalue weighted by Crippen LogP contribution is 2.22. The van der Waals surface area contributed by atoms with Gasteiger partial charge in [-0.25, -0.2) is 13.4 Å². The fraction of sp³-hybridized carbons (Fsp3) is 0.267. The van der Waals surface area contributed by atoms with Crippen LogP contribution < -0.4 is 4.72 Å². The second kappa shape index (κ2) is 6.17. The number of rotatable bonds is 5. The van der Waals surface area contributed by atoms with Crippen LogP contribution in [-0.2, 0) is 10.0 Å². The Morgan fingerprint density at radius 1 is 1.12 bits per heavy atom. The predicted octanol–water partition coefficient (Wildman–Crippen LogP) is 2.38. The quantitative estimate of drug-likeness (QED) is 0.753. The molecule has 126 valence electrons. The van der Waals surface area contributed by atoms with Crippen molar-refractivity contribution in [3.05, 3.63) is 48.1 Å². The second-order valence-electron chi connectivity index (χ2n) is 5.30. The fourth-order valence-corrected chi connectivity index (χ4v) is 3.34. The Bertz CT molecular complexity index is 944. The van der Waals surface area contributed by atoms with Gasteiger partial charge in [0.1, 0.15) is 12.0 Å². The first kappa shape index (κ1) is 16.3. The van der Waals surface area contributed by atoms with Crippen molar-refractivity contribution in [3.8, 4) is 11.3 Å².